The van der Waals surface area contributed by atoms with Gasteiger partial charge >= 0.3 is 6.03 Å². The first-order valence-corrected chi connectivity index (χ1v) is 5.83. The molecule has 98 valence electrons. The van der Waals surface area contributed by atoms with Crippen LogP contribution in [0.3, 0.4) is 0 Å². The number of carbonyl (C=O) groups is 2. The van der Waals surface area contributed by atoms with Crippen LogP contribution < -0.4 is 11.1 Å². The summed E-state index contributed by atoms with van der Waals surface area (Å²) in [7, 11) is 1.66. The monoisotopic (exact) mass is 269 g/mol. The van der Waals surface area contributed by atoms with Crippen LogP contribution in [0.4, 0.5) is 4.79 Å². The fraction of sp³-hybridized carbons (Fsp3) is 0.333. The summed E-state index contributed by atoms with van der Waals surface area (Å²) in [5, 5.41) is 2.96. The molecule has 0 radical (unpaired) electrons. The van der Waals surface area contributed by atoms with Gasteiger partial charge in [-0.25, -0.2) is 4.79 Å². The lowest BCUT2D eigenvalue weighted by atomic mass is 10.2. The van der Waals surface area contributed by atoms with Crippen LogP contribution in [-0.2, 0) is 11.3 Å². The molecule has 5 nitrogen and oxygen atoms in total. The number of primary amides is 1. The molecule has 1 aromatic carbocycles. The summed E-state index contributed by atoms with van der Waals surface area (Å²) in [5.41, 5.74) is 5.89. The highest BCUT2D eigenvalue weighted by molar-refractivity contribution is 6.30. The smallest absolute Gasteiger partial charge is 0.312 e. The van der Waals surface area contributed by atoms with E-state index in [-0.39, 0.29) is 5.91 Å². The number of hydrogen-bond acceptors (Lipinski definition) is 2. The van der Waals surface area contributed by atoms with Gasteiger partial charge in [-0.05, 0) is 24.6 Å². The Morgan fingerprint density at radius 1 is 1.50 bits per heavy atom. The molecule has 0 aliphatic heterocycles. The van der Waals surface area contributed by atoms with Crippen molar-refractivity contribution in [2.75, 3.05) is 7.05 Å². The molecule has 0 saturated carbocycles. The molecule has 0 bridgehead atoms. The predicted octanol–water partition coefficient (Wildman–Crippen LogP) is 1.36. The van der Waals surface area contributed by atoms with Gasteiger partial charge in [-0.3, -0.25) is 4.79 Å². The van der Waals surface area contributed by atoms with Crippen LogP contribution in [0.2, 0.25) is 5.02 Å². The summed E-state index contributed by atoms with van der Waals surface area (Å²) in [4.78, 5) is 24.1. The van der Waals surface area contributed by atoms with E-state index in [1.807, 2.05) is 12.1 Å². The Morgan fingerprint density at radius 2 is 2.17 bits per heavy atom. The molecule has 1 aromatic rings. The molecule has 3 N–H and O–H groups in total. The van der Waals surface area contributed by atoms with Crippen LogP contribution in [0.5, 0.6) is 0 Å². The van der Waals surface area contributed by atoms with Gasteiger partial charge < -0.3 is 16.0 Å². The fourth-order valence-corrected chi connectivity index (χ4v) is 1.81. The SMILES string of the molecule is CC(NC(N)=O)C(=O)N(C)Cc1cccc(Cl)c1. The van der Waals surface area contributed by atoms with Crippen molar-refractivity contribution in [1.82, 2.24) is 10.2 Å². The first-order chi connectivity index (χ1) is 8.40. The van der Waals surface area contributed by atoms with E-state index in [1.165, 1.54) is 4.90 Å². The maximum atomic E-state index is 11.9. The maximum absolute atomic E-state index is 11.9. The summed E-state index contributed by atoms with van der Waals surface area (Å²) in [6.07, 6.45) is 0. The van der Waals surface area contributed by atoms with Crippen LogP contribution >= 0.6 is 11.6 Å². The van der Waals surface area contributed by atoms with Crippen molar-refractivity contribution in [3.05, 3.63) is 34.9 Å². The van der Waals surface area contributed by atoms with Crippen LogP contribution in [-0.4, -0.2) is 29.9 Å². The molecule has 3 amide bonds. The van der Waals surface area contributed by atoms with Gasteiger partial charge in [0.15, 0.2) is 0 Å². The molecular formula is C12H16ClN3O2. The van der Waals surface area contributed by atoms with Crippen LogP contribution in [0, 0.1) is 0 Å². The van der Waals surface area contributed by atoms with Crippen molar-refractivity contribution in [3.8, 4) is 0 Å². The first kappa shape index (κ1) is 14.3. The number of nitrogens with zero attached hydrogens (tertiary/aromatic N) is 1. The number of carbonyl (C=O) groups excluding carboxylic acids is 2. The van der Waals surface area contributed by atoms with E-state index >= 15 is 0 Å². The topological polar surface area (TPSA) is 75.4 Å². The highest BCUT2D eigenvalue weighted by Crippen LogP contribution is 2.12. The standard InChI is InChI=1S/C12H16ClN3O2/c1-8(15-12(14)18)11(17)16(2)7-9-4-3-5-10(13)6-9/h3-6,8H,7H2,1-2H3,(H3,14,15,18). The largest absolute Gasteiger partial charge is 0.352 e. The van der Waals surface area contributed by atoms with Gasteiger partial charge in [0.2, 0.25) is 5.91 Å². The highest BCUT2D eigenvalue weighted by atomic mass is 35.5. The highest BCUT2D eigenvalue weighted by Gasteiger charge is 2.18. The number of likely N-dealkylation sites (N-methyl/N-ethyl adjacent to an activating group) is 1. The third-order valence-electron chi connectivity index (χ3n) is 2.41. The molecule has 0 aliphatic carbocycles. The number of nitrogens with one attached hydrogen (secondary N) is 1. The molecule has 0 spiro atoms. The number of nitrogens with two attached hydrogens (primary N) is 1. The van der Waals surface area contributed by atoms with Gasteiger partial charge in [0, 0.05) is 18.6 Å². The number of halogens is 1. The second-order valence-electron chi connectivity index (χ2n) is 4.05. The van der Waals surface area contributed by atoms with Crippen LogP contribution in [0.1, 0.15) is 12.5 Å². The Kier molecular flexibility index (Phi) is 4.97. The number of amides is 3. The van der Waals surface area contributed by atoms with Gasteiger partial charge in [0.1, 0.15) is 6.04 Å². The normalized spacial score (nSPS) is 11.7. The van der Waals surface area contributed by atoms with Crippen molar-refractivity contribution < 1.29 is 9.59 Å². The summed E-state index contributed by atoms with van der Waals surface area (Å²) in [5.74, 6) is -0.214. The number of benzene rings is 1. The summed E-state index contributed by atoms with van der Waals surface area (Å²) in [6.45, 7) is 2.01. The lowest BCUT2D eigenvalue weighted by Gasteiger charge is -2.21. The fourth-order valence-electron chi connectivity index (χ4n) is 1.59. The minimum absolute atomic E-state index is 0.214. The Bertz CT molecular complexity index is 451. The zero-order chi connectivity index (χ0) is 13.7. The second kappa shape index (κ2) is 6.26. The van der Waals surface area contributed by atoms with E-state index < -0.39 is 12.1 Å². The van der Waals surface area contributed by atoms with Crippen molar-refractivity contribution in [2.24, 2.45) is 5.73 Å². The number of hydrogen-bond donors (Lipinski definition) is 2. The minimum atomic E-state index is -0.716. The molecule has 1 rings (SSSR count). The zero-order valence-electron chi connectivity index (χ0n) is 10.3. The van der Waals surface area contributed by atoms with Gasteiger partial charge in [-0.15, -0.1) is 0 Å². The molecule has 0 aliphatic rings. The van der Waals surface area contributed by atoms with Gasteiger partial charge in [0.05, 0.1) is 0 Å². The Balaban J connectivity index is 2.62. The summed E-state index contributed by atoms with van der Waals surface area (Å²) >= 11 is 5.86. The molecule has 0 heterocycles. The number of rotatable bonds is 4. The Hall–Kier alpha value is -1.75. The average Bonchev–Trinajstić information content (AvgIpc) is 2.27. The van der Waals surface area contributed by atoms with E-state index in [0.717, 1.165) is 5.56 Å². The lowest BCUT2D eigenvalue weighted by Crippen LogP contribution is -2.47. The molecule has 18 heavy (non-hydrogen) atoms. The third kappa shape index (κ3) is 4.25. The Morgan fingerprint density at radius 3 is 2.72 bits per heavy atom. The van der Waals surface area contributed by atoms with Crippen molar-refractivity contribution >= 4 is 23.5 Å². The molecule has 1 atom stereocenters. The van der Waals surface area contributed by atoms with E-state index in [4.69, 9.17) is 17.3 Å². The lowest BCUT2D eigenvalue weighted by molar-refractivity contribution is -0.132. The molecule has 0 fully saturated rings. The molecule has 6 heteroatoms. The molecule has 0 saturated heterocycles. The van der Waals surface area contributed by atoms with Crippen molar-refractivity contribution in [3.63, 3.8) is 0 Å². The predicted molar refractivity (Wildman–Crippen MR) is 70.1 cm³/mol. The average molecular weight is 270 g/mol. The second-order valence-corrected chi connectivity index (χ2v) is 4.49. The summed E-state index contributed by atoms with van der Waals surface area (Å²) in [6, 6.07) is 5.89. The van der Waals surface area contributed by atoms with Gasteiger partial charge in [-0.1, -0.05) is 23.7 Å². The summed E-state index contributed by atoms with van der Waals surface area (Å²) < 4.78 is 0. The molecule has 1 unspecified atom stereocenters. The van der Waals surface area contributed by atoms with Gasteiger partial charge in [0.25, 0.3) is 0 Å². The van der Waals surface area contributed by atoms with E-state index in [2.05, 4.69) is 5.32 Å². The van der Waals surface area contributed by atoms with E-state index in [9.17, 15) is 9.59 Å². The van der Waals surface area contributed by atoms with Gasteiger partial charge in [-0.2, -0.15) is 0 Å². The molecular weight excluding hydrogens is 254 g/mol. The van der Waals surface area contributed by atoms with Crippen LogP contribution in [0.15, 0.2) is 24.3 Å². The Labute approximate surface area is 111 Å². The number of urea groups is 1. The van der Waals surface area contributed by atoms with E-state index in [0.29, 0.717) is 11.6 Å². The quantitative estimate of drug-likeness (QED) is 0.866. The van der Waals surface area contributed by atoms with Crippen molar-refractivity contribution in [1.29, 1.82) is 0 Å². The first-order valence-electron chi connectivity index (χ1n) is 5.45. The minimum Gasteiger partial charge on any atom is -0.352 e. The van der Waals surface area contributed by atoms with Crippen LogP contribution in [0.25, 0.3) is 0 Å². The van der Waals surface area contributed by atoms with Crippen molar-refractivity contribution in [2.45, 2.75) is 19.5 Å². The maximum Gasteiger partial charge on any atom is 0.312 e. The zero-order valence-corrected chi connectivity index (χ0v) is 11.1. The van der Waals surface area contributed by atoms with E-state index in [1.54, 1.807) is 26.1 Å². The third-order valence-corrected chi connectivity index (χ3v) is 2.65. The molecule has 0 aromatic heterocycles.